The molecule has 0 radical (unpaired) electrons. The highest BCUT2D eigenvalue weighted by Crippen LogP contribution is 2.29. The lowest BCUT2D eigenvalue weighted by Gasteiger charge is -2.32. The predicted octanol–water partition coefficient (Wildman–Crippen LogP) is 2.71. The summed E-state index contributed by atoms with van der Waals surface area (Å²) >= 11 is 1.83. The van der Waals surface area contributed by atoms with Gasteiger partial charge in [0.05, 0.1) is 6.04 Å². The van der Waals surface area contributed by atoms with E-state index in [9.17, 15) is 0 Å². The van der Waals surface area contributed by atoms with Gasteiger partial charge >= 0.3 is 0 Å². The normalized spacial score (nSPS) is 19.6. The number of hydrogen-bond acceptors (Lipinski definition) is 3. The highest BCUT2D eigenvalue weighted by atomic mass is 32.1. The molecule has 1 aliphatic heterocycles. The van der Waals surface area contributed by atoms with E-state index in [2.05, 4.69) is 36.3 Å². The van der Waals surface area contributed by atoms with Crippen molar-refractivity contribution >= 4 is 11.3 Å². The molecule has 0 fully saturated rings. The largest absolute Gasteiger partial charge is 0.329 e. The Morgan fingerprint density at radius 2 is 2.31 bits per heavy atom. The summed E-state index contributed by atoms with van der Waals surface area (Å²) in [5.41, 5.74) is 8.83. The number of thiophene rings is 1. The molecule has 0 saturated carbocycles. The summed E-state index contributed by atoms with van der Waals surface area (Å²) < 4.78 is 0. The Labute approximate surface area is 102 Å². The smallest absolute Gasteiger partial charge is 0.0569 e. The molecule has 0 aromatic carbocycles. The van der Waals surface area contributed by atoms with Crippen LogP contribution < -0.4 is 5.73 Å². The number of rotatable bonds is 3. The SMILES string of the molecule is CC1=CCN(C(CN)c2sccc2C)CC1. The van der Waals surface area contributed by atoms with Gasteiger partial charge in [0.15, 0.2) is 0 Å². The van der Waals surface area contributed by atoms with Gasteiger partial charge in [0.1, 0.15) is 0 Å². The molecule has 88 valence electrons. The van der Waals surface area contributed by atoms with Gasteiger partial charge in [-0.05, 0) is 37.3 Å². The lowest BCUT2D eigenvalue weighted by molar-refractivity contribution is 0.220. The first-order valence-electron chi connectivity index (χ1n) is 5.86. The predicted molar refractivity (Wildman–Crippen MR) is 70.8 cm³/mol. The van der Waals surface area contributed by atoms with Gasteiger partial charge in [0, 0.05) is 24.5 Å². The van der Waals surface area contributed by atoms with Gasteiger partial charge in [-0.15, -0.1) is 11.3 Å². The van der Waals surface area contributed by atoms with Crippen LogP contribution in [0.2, 0.25) is 0 Å². The molecule has 16 heavy (non-hydrogen) atoms. The van der Waals surface area contributed by atoms with Crippen molar-refractivity contribution in [3.63, 3.8) is 0 Å². The van der Waals surface area contributed by atoms with Gasteiger partial charge in [-0.25, -0.2) is 0 Å². The molecule has 0 spiro atoms. The Morgan fingerprint density at radius 1 is 1.50 bits per heavy atom. The number of nitrogens with zero attached hydrogens (tertiary/aromatic N) is 1. The van der Waals surface area contributed by atoms with Gasteiger partial charge in [-0.2, -0.15) is 0 Å². The third-order valence-electron chi connectivity index (χ3n) is 3.34. The van der Waals surface area contributed by atoms with Crippen LogP contribution in [0.5, 0.6) is 0 Å². The molecule has 3 heteroatoms. The summed E-state index contributed by atoms with van der Waals surface area (Å²) in [7, 11) is 0. The van der Waals surface area contributed by atoms with E-state index in [1.165, 1.54) is 22.4 Å². The van der Waals surface area contributed by atoms with Gasteiger partial charge in [0.25, 0.3) is 0 Å². The molecule has 2 rings (SSSR count). The van der Waals surface area contributed by atoms with Gasteiger partial charge in [0.2, 0.25) is 0 Å². The Bertz CT molecular complexity index is 381. The molecule has 0 aliphatic carbocycles. The molecule has 1 aliphatic rings. The summed E-state index contributed by atoms with van der Waals surface area (Å²) in [6.07, 6.45) is 3.51. The van der Waals surface area contributed by atoms with Crippen molar-refractivity contribution in [1.29, 1.82) is 0 Å². The fraction of sp³-hybridized carbons (Fsp3) is 0.538. The monoisotopic (exact) mass is 236 g/mol. The van der Waals surface area contributed by atoms with Gasteiger partial charge in [-0.1, -0.05) is 11.6 Å². The molecule has 2 nitrogen and oxygen atoms in total. The summed E-state index contributed by atoms with van der Waals surface area (Å²) in [5, 5.41) is 2.17. The van der Waals surface area contributed by atoms with E-state index in [0.717, 1.165) is 13.1 Å². The van der Waals surface area contributed by atoms with E-state index < -0.39 is 0 Å². The Balaban J connectivity index is 2.15. The lowest BCUT2D eigenvalue weighted by Crippen LogP contribution is -2.36. The number of aryl methyl sites for hydroxylation is 1. The highest BCUT2D eigenvalue weighted by Gasteiger charge is 2.22. The van der Waals surface area contributed by atoms with Crippen LogP contribution in [0.4, 0.5) is 0 Å². The second kappa shape index (κ2) is 5.13. The van der Waals surface area contributed by atoms with Gasteiger partial charge < -0.3 is 5.73 Å². The average molecular weight is 236 g/mol. The Hall–Kier alpha value is -0.640. The van der Waals surface area contributed by atoms with Crippen LogP contribution in [0.15, 0.2) is 23.1 Å². The Morgan fingerprint density at radius 3 is 2.81 bits per heavy atom. The lowest BCUT2D eigenvalue weighted by atomic mass is 10.1. The zero-order chi connectivity index (χ0) is 11.5. The number of nitrogens with two attached hydrogens (primary N) is 1. The average Bonchev–Trinajstić information content (AvgIpc) is 2.69. The third kappa shape index (κ3) is 2.37. The van der Waals surface area contributed by atoms with Crippen LogP contribution in [-0.4, -0.2) is 24.5 Å². The minimum Gasteiger partial charge on any atom is -0.329 e. The molecule has 2 N–H and O–H groups in total. The third-order valence-corrected chi connectivity index (χ3v) is 4.46. The van der Waals surface area contributed by atoms with Crippen LogP contribution in [0.1, 0.15) is 29.8 Å². The van der Waals surface area contributed by atoms with Crippen LogP contribution in [0.25, 0.3) is 0 Å². The van der Waals surface area contributed by atoms with E-state index in [1.54, 1.807) is 0 Å². The van der Waals surface area contributed by atoms with Crippen molar-refractivity contribution < 1.29 is 0 Å². The molecular weight excluding hydrogens is 216 g/mol. The number of hydrogen-bond donors (Lipinski definition) is 1. The molecule has 1 aromatic rings. The fourth-order valence-electron chi connectivity index (χ4n) is 2.22. The van der Waals surface area contributed by atoms with Crippen LogP contribution in [-0.2, 0) is 0 Å². The first-order chi connectivity index (χ1) is 7.72. The molecule has 0 saturated heterocycles. The second-order valence-electron chi connectivity index (χ2n) is 4.51. The first-order valence-corrected chi connectivity index (χ1v) is 6.74. The highest BCUT2D eigenvalue weighted by molar-refractivity contribution is 7.10. The van der Waals surface area contributed by atoms with Crippen molar-refractivity contribution in [2.45, 2.75) is 26.3 Å². The van der Waals surface area contributed by atoms with E-state index in [4.69, 9.17) is 5.73 Å². The Kier molecular flexibility index (Phi) is 3.79. The quantitative estimate of drug-likeness (QED) is 0.818. The van der Waals surface area contributed by atoms with Crippen molar-refractivity contribution in [3.05, 3.63) is 33.5 Å². The maximum absolute atomic E-state index is 5.94. The second-order valence-corrected chi connectivity index (χ2v) is 5.46. The molecule has 1 atom stereocenters. The van der Waals surface area contributed by atoms with Crippen molar-refractivity contribution in [3.8, 4) is 0 Å². The summed E-state index contributed by atoms with van der Waals surface area (Å²) in [6.45, 7) is 7.30. The van der Waals surface area contributed by atoms with Crippen LogP contribution >= 0.6 is 11.3 Å². The minimum atomic E-state index is 0.407. The molecule has 0 amide bonds. The van der Waals surface area contributed by atoms with E-state index in [1.807, 2.05) is 11.3 Å². The van der Waals surface area contributed by atoms with E-state index >= 15 is 0 Å². The van der Waals surface area contributed by atoms with Crippen molar-refractivity contribution in [2.75, 3.05) is 19.6 Å². The fourth-order valence-corrected chi connectivity index (χ4v) is 3.29. The van der Waals surface area contributed by atoms with Crippen molar-refractivity contribution in [2.24, 2.45) is 5.73 Å². The summed E-state index contributed by atoms with van der Waals surface area (Å²) in [5.74, 6) is 0. The molecular formula is C13H20N2S. The first kappa shape index (κ1) is 11.8. The summed E-state index contributed by atoms with van der Waals surface area (Å²) in [4.78, 5) is 3.93. The molecule has 2 heterocycles. The van der Waals surface area contributed by atoms with Crippen LogP contribution in [0, 0.1) is 6.92 Å². The topological polar surface area (TPSA) is 29.3 Å². The van der Waals surface area contributed by atoms with E-state index in [-0.39, 0.29) is 0 Å². The van der Waals surface area contributed by atoms with Crippen LogP contribution in [0.3, 0.4) is 0 Å². The standard InChI is InChI=1S/C13H20N2S/c1-10-3-6-15(7-4-10)12(9-14)13-11(2)5-8-16-13/h3,5,8,12H,4,6-7,9,14H2,1-2H3. The molecule has 0 bridgehead atoms. The maximum Gasteiger partial charge on any atom is 0.0569 e. The minimum absolute atomic E-state index is 0.407. The molecule has 1 unspecified atom stereocenters. The van der Waals surface area contributed by atoms with E-state index in [0.29, 0.717) is 12.6 Å². The zero-order valence-electron chi connectivity index (χ0n) is 10.1. The summed E-state index contributed by atoms with van der Waals surface area (Å²) in [6, 6.07) is 2.59. The maximum atomic E-state index is 5.94. The zero-order valence-corrected chi connectivity index (χ0v) is 10.9. The van der Waals surface area contributed by atoms with Gasteiger partial charge in [-0.3, -0.25) is 4.90 Å². The van der Waals surface area contributed by atoms with Crippen molar-refractivity contribution in [1.82, 2.24) is 4.90 Å². The molecule has 1 aromatic heterocycles.